The molecular formula is C14H27N5. The fourth-order valence-corrected chi connectivity index (χ4v) is 2.87. The Morgan fingerprint density at radius 2 is 2.05 bits per heavy atom. The maximum Gasteiger partial charge on any atom is 0.146 e. The monoisotopic (exact) mass is 265 g/mol. The van der Waals surface area contributed by atoms with E-state index in [9.17, 15) is 0 Å². The second-order valence-electron chi connectivity index (χ2n) is 5.47. The van der Waals surface area contributed by atoms with Gasteiger partial charge in [-0.05, 0) is 52.2 Å². The van der Waals surface area contributed by atoms with Crippen LogP contribution in [-0.4, -0.2) is 45.3 Å². The lowest BCUT2D eigenvalue weighted by molar-refractivity contribution is 0.168. The van der Waals surface area contributed by atoms with E-state index in [2.05, 4.69) is 45.8 Å². The average Bonchev–Trinajstić information content (AvgIpc) is 2.92. The van der Waals surface area contributed by atoms with Gasteiger partial charge < -0.3 is 14.8 Å². The molecule has 19 heavy (non-hydrogen) atoms. The topological polar surface area (TPSA) is 46.0 Å². The Balaban J connectivity index is 1.77. The van der Waals surface area contributed by atoms with Crippen LogP contribution in [0.3, 0.4) is 0 Å². The van der Waals surface area contributed by atoms with Gasteiger partial charge in [0.25, 0.3) is 0 Å². The number of hydrogen-bond acceptors (Lipinski definition) is 4. The zero-order valence-electron chi connectivity index (χ0n) is 12.5. The first kappa shape index (κ1) is 14.5. The molecule has 0 bridgehead atoms. The predicted octanol–water partition coefficient (Wildman–Crippen LogP) is 1.51. The van der Waals surface area contributed by atoms with Crippen molar-refractivity contribution in [1.29, 1.82) is 0 Å². The smallest absolute Gasteiger partial charge is 0.146 e. The number of likely N-dealkylation sites (tertiary alicyclic amines) is 1. The highest BCUT2D eigenvalue weighted by molar-refractivity contribution is 4.87. The van der Waals surface area contributed by atoms with Crippen molar-refractivity contribution in [3.63, 3.8) is 0 Å². The largest absolute Gasteiger partial charge is 0.317 e. The molecule has 0 saturated carbocycles. The fourth-order valence-electron chi connectivity index (χ4n) is 2.87. The molecule has 1 unspecified atom stereocenters. The maximum absolute atomic E-state index is 4.17. The lowest BCUT2D eigenvalue weighted by atomic mass is 9.90. The van der Waals surface area contributed by atoms with Gasteiger partial charge in [0.1, 0.15) is 12.2 Å². The molecule has 2 rings (SSSR count). The van der Waals surface area contributed by atoms with E-state index in [1.807, 2.05) is 0 Å². The molecule has 1 aromatic heterocycles. The molecule has 1 fully saturated rings. The van der Waals surface area contributed by atoms with Crippen molar-refractivity contribution in [1.82, 2.24) is 25.0 Å². The normalized spacial score (nSPS) is 19.7. The van der Waals surface area contributed by atoms with Crippen LogP contribution >= 0.6 is 0 Å². The molecule has 1 aromatic rings. The van der Waals surface area contributed by atoms with Crippen molar-refractivity contribution < 1.29 is 0 Å². The van der Waals surface area contributed by atoms with E-state index in [-0.39, 0.29) is 0 Å². The van der Waals surface area contributed by atoms with Crippen LogP contribution in [0, 0.1) is 5.92 Å². The summed E-state index contributed by atoms with van der Waals surface area (Å²) < 4.78 is 2.10. The Morgan fingerprint density at radius 1 is 1.32 bits per heavy atom. The number of nitrogens with zero attached hydrogens (tertiary/aromatic N) is 4. The van der Waals surface area contributed by atoms with Crippen molar-refractivity contribution in [3.05, 3.63) is 12.2 Å². The molecule has 2 heterocycles. The molecule has 1 saturated heterocycles. The van der Waals surface area contributed by atoms with Crippen molar-refractivity contribution in [2.24, 2.45) is 5.92 Å². The van der Waals surface area contributed by atoms with E-state index in [4.69, 9.17) is 0 Å². The second-order valence-corrected chi connectivity index (χ2v) is 5.47. The summed E-state index contributed by atoms with van der Waals surface area (Å²) in [4.78, 5) is 2.54. The Kier molecular flexibility index (Phi) is 5.34. The van der Waals surface area contributed by atoms with Gasteiger partial charge in [-0.3, -0.25) is 0 Å². The zero-order chi connectivity index (χ0) is 13.7. The number of nitrogens with one attached hydrogen (secondary N) is 1. The van der Waals surface area contributed by atoms with Gasteiger partial charge in [0.15, 0.2) is 0 Å². The zero-order valence-corrected chi connectivity index (χ0v) is 12.5. The van der Waals surface area contributed by atoms with E-state index in [0.29, 0.717) is 6.04 Å². The molecular weight excluding hydrogens is 238 g/mol. The first-order valence-electron chi connectivity index (χ1n) is 7.57. The summed E-state index contributed by atoms with van der Waals surface area (Å²) in [6.07, 6.45) is 4.42. The minimum Gasteiger partial charge on any atom is -0.317 e. The maximum atomic E-state index is 4.17. The van der Waals surface area contributed by atoms with Gasteiger partial charge in [-0.15, -0.1) is 10.2 Å². The summed E-state index contributed by atoms with van der Waals surface area (Å²) in [7, 11) is 0. The lowest BCUT2D eigenvalue weighted by Gasteiger charge is -2.34. The molecule has 0 amide bonds. The minimum atomic E-state index is 0.556. The minimum absolute atomic E-state index is 0.556. The van der Waals surface area contributed by atoms with Crippen molar-refractivity contribution in [2.75, 3.05) is 19.6 Å². The van der Waals surface area contributed by atoms with Crippen molar-refractivity contribution in [2.45, 2.75) is 52.7 Å². The van der Waals surface area contributed by atoms with Gasteiger partial charge in [0.05, 0.1) is 6.54 Å². The van der Waals surface area contributed by atoms with Crippen LogP contribution in [0.1, 0.15) is 39.4 Å². The van der Waals surface area contributed by atoms with Crippen LogP contribution in [-0.2, 0) is 13.1 Å². The molecule has 0 aliphatic carbocycles. The third-order valence-corrected chi connectivity index (χ3v) is 4.41. The molecule has 5 heteroatoms. The molecule has 1 aliphatic heterocycles. The van der Waals surface area contributed by atoms with Gasteiger partial charge >= 0.3 is 0 Å². The number of aromatic nitrogens is 3. The Hall–Kier alpha value is -0.940. The SMILES string of the molecule is CCN1CCC(C(C)NCc2nncn2CC)CC1. The highest BCUT2D eigenvalue weighted by Crippen LogP contribution is 2.20. The predicted molar refractivity (Wildman–Crippen MR) is 76.8 cm³/mol. The van der Waals surface area contributed by atoms with Gasteiger partial charge in [0, 0.05) is 12.6 Å². The van der Waals surface area contributed by atoms with Crippen molar-refractivity contribution >= 4 is 0 Å². The van der Waals surface area contributed by atoms with Gasteiger partial charge in [-0.2, -0.15) is 0 Å². The van der Waals surface area contributed by atoms with E-state index < -0.39 is 0 Å². The van der Waals surface area contributed by atoms with Gasteiger partial charge in [-0.25, -0.2) is 0 Å². The first-order valence-corrected chi connectivity index (χ1v) is 7.57. The number of piperidine rings is 1. The van der Waals surface area contributed by atoms with Gasteiger partial charge in [0.2, 0.25) is 0 Å². The van der Waals surface area contributed by atoms with E-state index in [1.165, 1.54) is 32.5 Å². The van der Waals surface area contributed by atoms with Crippen LogP contribution in [0.15, 0.2) is 6.33 Å². The summed E-state index contributed by atoms with van der Waals surface area (Å²) in [5.74, 6) is 1.83. The Labute approximate surface area is 116 Å². The average molecular weight is 265 g/mol. The summed E-state index contributed by atoms with van der Waals surface area (Å²) in [5, 5.41) is 11.8. The Bertz CT molecular complexity index is 368. The summed E-state index contributed by atoms with van der Waals surface area (Å²) in [6, 6.07) is 0.556. The third-order valence-electron chi connectivity index (χ3n) is 4.41. The van der Waals surface area contributed by atoms with E-state index >= 15 is 0 Å². The summed E-state index contributed by atoms with van der Waals surface area (Å²) >= 11 is 0. The number of rotatable bonds is 6. The Morgan fingerprint density at radius 3 is 2.68 bits per heavy atom. The number of hydrogen-bond donors (Lipinski definition) is 1. The van der Waals surface area contributed by atoms with Crippen LogP contribution in [0.25, 0.3) is 0 Å². The number of aryl methyl sites for hydroxylation is 1. The molecule has 1 N–H and O–H groups in total. The molecule has 0 radical (unpaired) electrons. The highest BCUT2D eigenvalue weighted by atomic mass is 15.3. The molecule has 0 spiro atoms. The first-order chi connectivity index (χ1) is 9.24. The van der Waals surface area contributed by atoms with Crippen LogP contribution in [0.2, 0.25) is 0 Å². The fraction of sp³-hybridized carbons (Fsp3) is 0.857. The summed E-state index contributed by atoms with van der Waals surface area (Å²) in [6.45, 7) is 12.1. The molecule has 1 atom stereocenters. The second kappa shape index (κ2) is 7.01. The molecule has 0 aromatic carbocycles. The molecule has 5 nitrogen and oxygen atoms in total. The van der Waals surface area contributed by atoms with Crippen molar-refractivity contribution in [3.8, 4) is 0 Å². The van der Waals surface area contributed by atoms with E-state index in [0.717, 1.165) is 24.8 Å². The quantitative estimate of drug-likeness (QED) is 0.847. The van der Waals surface area contributed by atoms with E-state index in [1.54, 1.807) is 6.33 Å². The van der Waals surface area contributed by atoms with Crippen LogP contribution < -0.4 is 5.32 Å². The lowest BCUT2D eigenvalue weighted by Crippen LogP contribution is -2.41. The standard InChI is InChI=1S/C14H27N5/c1-4-18-8-6-13(7-9-18)12(3)15-10-14-17-16-11-19(14)5-2/h11-13,15H,4-10H2,1-3H3. The van der Waals surface area contributed by atoms with Crippen LogP contribution in [0.4, 0.5) is 0 Å². The summed E-state index contributed by atoms with van der Waals surface area (Å²) in [5.41, 5.74) is 0. The van der Waals surface area contributed by atoms with Gasteiger partial charge in [-0.1, -0.05) is 6.92 Å². The third kappa shape index (κ3) is 3.76. The van der Waals surface area contributed by atoms with Crippen LogP contribution in [0.5, 0.6) is 0 Å². The molecule has 1 aliphatic rings. The highest BCUT2D eigenvalue weighted by Gasteiger charge is 2.23. The molecule has 108 valence electrons.